The van der Waals surface area contributed by atoms with Gasteiger partial charge in [0.25, 0.3) is 0 Å². The summed E-state index contributed by atoms with van der Waals surface area (Å²) in [5.74, 6) is 0.0943. The molecule has 2 unspecified atom stereocenters. The standard InChI is InChI=1S/C32H36F6N2O/c1-3-10-29(28(41)39-19-22-15-24(31(33,34)35)17-25(16-22)32(36,37)38)11-9-26(18-29)40-14-13-30(21(2)20-40)12-8-23-6-4-5-7-27(23)30/h4-8,12,15-17,21,26H,3,9-11,13-14,18-20H2,1-2H3,(H,39,41)/t21-,26?,29?,30-/m0/s1. The number of halogens is 6. The van der Waals surface area contributed by atoms with Gasteiger partial charge in [0.05, 0.1) is 16.5 Å². The molecular weight excluding hydrogens is 542 g/mol. The van der Waals surface area contributed by atoms with Gasteiger partial charge in [0.2, 0.25) is 5.91 Å². The van der Waals surface area contributed by atoms with E-state index in [9.17, 15) is 31.1 Å². The Bertz CT molecular complexity index is 1290. The highest BCUT2D eigenvalue weighted by atomic mass is 19.4. The first-order valence-corrected chi connectivity index (χ1v) is 14.4. The minimum atomic E-state index is -4.93. The van der Waals surface area contributed by atoms with Crippen LogP contribution in [0.25, 0.3) is 6.08 Å². The van der Waals surface area contributed by atoms with E-state index in [1.165, 1.54) is 11.1 Å². The third kappa shape index (κ3) is 5.66. The summed E-state index contributed by atoms with van der Waals surface area (Å²) in [6.45, 7) is 5.68. The summed E-state index contributed by atoms with van der Waals surface area (Å²) in [5, 5.41) is 2.71. The molecule has 2 aromatic rings. The minimum absolute atomic E-state index is 0.0177. The number of allylic oxidation sites excluding steroid dienone is 1. The molecule has 4 atom stereocenters. The molecule has 1 saturated heterocycles. The van der Waals surface area contributed by atoms with Crippen LogP contribution < -0.4 is 5.32 Å². The van der Waals surface area contributed by atoms with Gasteiger partial charge in [-0.25, -0.2) is 0 Å². The van der Waals surface area contributed by atoms with Crippen molar-refractivity contribution >= 4 is 12.0 Å². The first-order chi connectivity index (χ1) is 19.3. The molecule has 2 fully saturated rings. The fraction of sp³-hybridized carbons (Fsp3) is 0.531. The number of amides is 1. The number of alkyl halides is 6. The predicted molar refractivity (Wildman–Crippen MR) is 146 cm³/mol. The Morgan fingerprint density at radius 1 is 1.02 bits per heavy atom. The molecule has 1 amide bonds. The number of carbonyl (C=O) groups excluding carboxylic acids is 1. The number of piperidine rings is 1. The third-order valence-electron chi connectivity index (χ3n) is 9.63. The number of benzene rings is 2. The van der Waals surface area contributed by atoms with Gasteiger partial charge in [0.15, 0.2) is 0 Å². The van der Waals surface area contributed by atoms with Crippen LogP contribution in [0.2, 0.25) is 0 Å². The summed E-state index contributed by atoms with van der Waals surface area (Å²) < 4.78 is 79.8. The summed E-state index contributed by atoms with van der Waals surface area (Å²) in [6.07, 6.45) is -0.814. The molecule has 0 bridgehead atoms. The van der Waals surface area contributed by atoms with Crippen LogP contribution in [0.15, 0.2) is 48.5 Å². The van der Waals surface area contributed by atoms with Crippen LogP contribution >= 0.6 is 0 Å². The van der Waals surface area contributed by atoms with Crippen molar-refractivity contribution < 1.29 is 31.1 Å². The second kappa shape index (κ2) is 10.8. The average Bonchev–Trinajstić information content (AvgIpc) is 3.52. The van der Waals surface area contributed by atoms with E-state index in [-0.39, 0.29) is 29.0 Å². The normalized spacial score (nSPS) is 28.3. The largest absolute Gasteiger partial charge is 0.416 e. The zero-order valence-corrected chi connectivity index (χ0v) is 23.3. The number of likely N-dealkylation sites (tertiary alicyclic amines) is 1. The Kier molecular flexibility index (Phi) is 7.81. The maximum absolute atomic E-state index is 13.5. The number of carbonyl (C=O) groups is 1. The Hall–Kier alpha value is -2.81. The highest BCUT2D eigenvalue weighted by molar-refractivity contribution is 5.83. The lowest BCUT2D eigenvalue weighted by Crippen LogP contribution is -2.51. The number of nitrogens with one attached hydrogen (secondary N) is 1. The highest BCUT2D eigenvalue weighted by Gasteiger charge is 2.49. The Balaban J connectivity index is 1.27. The lowest BCUT2D eigenvalue weighted by atomic mass is 9.67. The fourth-order valence-corrected chi connectivity index (χ4v) is 7.48. The first-order valence-electron chi connectivity index (χ1n) is 14.4. The molecule has 9 heteroatoms. The molecular formula is C32H36F6N2O. The molecule has 5 rings (SSSR count). The predicted octanol–water partition coefficient (Wildman–Crippen LogP) is 7.99. The summed E-state index contributed by atoms with van der Waals surface area (Å²) in [7, 11) is 0. The summed E-state index contributed by atoms with van der Waals surface area (Å²) in [6, 6.07) is 10.2. The van der Waals surface area contributed by atoms with Crippen LogP contribution in [-0.2, 0) is 29.1 Å². The Morgan fingerprint density at radius 3 is 2.34 bits per heavy atom. The SMILES string of the molecule is CCCC1(C(=O)NCc2cc(C(F)(F)F)cc(C(F)(F)F)c2)CCC(N2CC[C@@]3(C=Cc4ccccc43)[C@@H](C)C2)C1. The van der Waals surface area contributed by atoms with Gasteiger partial charge in [-0.15, -0.1) is 0 Å². The molecule has 41 heavy (non-hydrogen) atoms. The average molecular weight is 579 g/mol. The van der Waals surface area contributed by atoms with E-state index in [2.05, 4.69) is 53.6 Å². The van der Waals surface area contributed by atoms with Gasteiger partial charge >= 0.3 is 12.4 Å². The van der Waals surface area contributed by atoms with Crippen LogP contribution in [0.3, 0.4) is 0 Å². The van der Waals surface area contributed by atoms with Crippen molar-refractivity contribution in [2.24, 2.45) is 11.3 Å². The minimum Gasteiger partial charge on any atom is -0.352 e. The smallest absolute Gasteiger partial charge is 0.352 e. The van der Waals surface area contributed by atoms with Gasteiger partial charge in [-0.2, -0.15) is 26.3 Å². The number of rotatable bonds is 6. The molecule has 3 aliphatic rings. The molecule has 2 aliphatic carbocycles. The first kappa shape index (κ1) is 29.7. The molecule has 0 aromatic heterocycles. The monoisotopic (exact) mass is 578 g/mol. The second-order valence-electron chi connectivity index (χ2n) is 12.1. The van der Waals surface area contributed by atoms with Gasteiger partial charge in [0, 0.05) is 24.5 Å². The lowest BCUT2D eigenvalue weighted by Gasteiger charge is -2.46. The van der Waals surface area contributed by atoms with E-state index in [4.69, 9.17) is 0 Å². The summed E-state index contributed by atoms with van der Waals surface area (Å²) >= 11 is 0. The Labute approximate surface area is 237 Å². The van der Waals surface area contributed by atoms with Gasteiger partial charge in [-0.05, 0) is 79.5 Å². The zero-order chi connectivity index (χ0) is 29.6. The van der Waals surface area contributed by atoms with Crippen LogP contribution in [0.4, 0.5) is 26.3 Å². The zero-order valence-electron chi connectivity index (χ0n) is 23.3. The van der Waals surface area contributed by atoms with Crippen molar-refractivity contribution in [3.63, 3.8) is 0 Å². The van der Waals surface area contributed by atoms with E-state index in [0.29, 0.717) is 37.3 Å². The quantitative estimate of drug-likeness (QED) is 0.353. The van der Waals surface area contributed by atoms with Crippen molar-refractivity contribution in [1.82, 2.24) is 10.2 Å². The van der Waals surface area contributed by atoms with E-state index in [1.54, 1.807) is 0 Å². The summed E-state index contributed by atoms with van der Waals surface area (Å²) in [5.41, 5.74) is -0.996. The van der Waals surface area contributed by atoms with Crippen molar-refractivity contribution in [1.29, 1.82) is 0 Å². The molecule has 1 heterocycles. The maximum Gasteiger partial charge on any atom is 0.416 e. The molecule has 0 radical (unpaired) electrons. The fourth-order valence-electron chi connectivity index (χ4n) is 7.48. The highest BCUT2D eigenvalue weighted by Crippen LogP contribution is 2.50. The number of nitrogens with zero attached hydrogens (tertiary/aromatic N) is 1. The van der Waals surface area contributed by atoms with Crippen molar-refractivity contribution in [2.75, 3.05) is 13.1 Å². The number of hydrogen-bond donors (Lipinski definition) is 1. The van der Waals surface area contributed by atoms with Crippen molar-refractivity contribution in [3.8, 4) is 0 Å². The van der Waals surface area contributed by atoms with E-state index >= 15 is 0 Å². The van der Waals surface area contributed by atoms with E-state index < -0.39 is 35.4 Å². The third-order valence-corrected chi connectivity index (χ3v) is 9.63. The molecule has 1 aliphatic heterocycles. The van der Waals surface area contributed by atoms with Crippen molar-refractivity contribution in [3.05, 3.63) is 76.4 Å². The number of hydrogen-bond acceptors (Lipinski definition) is 2. The van der Waals surface area contributed by atoms with E-state index in [1.807, 2.05) is 6.92 Å². The molecule has 2 aromatic carbocycles. The molecule has 1 saturated carbocycles. The van der Waals surface area contributed by atoms with Gasteiger partial charge < -0.3 is 5.32 Å². The van der Waals surface area contributed by atoms with Crippen molar-refractivity contribution in [2.45, 2.75) is 82.7 Å². The molecule has 1 spiro atoms. The van der Waals surface area contributed by atoms with Gasteiger partial charge in [0.1, 0.15) is 0 Å². The van der Waals surface area contributed by atoms with Crippen LogP contribution in [0, 0.1) is 11.3 Å². The van der Waals surface area contributed by atoms with Crippen LogP contribution in [0.5, 0.6) is 0 Å². The van der Waals surface area contributed by atoms with Crippen LogP contribution in [0.1, 0.15) is 80.2 Å². The lowest BCUT2D eigenvalue weighted by molar-refractivity contribution is -0.143. The van der Waals surface area contributed by atoms with Gasteiger partial charge in [-0.3, -0.25) is 9.69 Å². The second-order valence-corrected chi connectivity index (χ2v) is 12.1. The van der Waals surface area contributed by atoms with Crippen LogP contribution in [-0.4, -0.2) is 29.9 Å². The maximum atomic E-state index is 13.5. The molecule has 222 valence electrons. The Morgan fingerprint density at radius 2 is 1.71 bits per heavy atom. The van der Waals surface area contributed by atoms with Gasteiger partial charge in [-0.1, -0.05) is 56.7 Å². The number of fused-ring (bicyclic) bond motifs is 2. The topological polar surface area (TPSA) is 32.3 Å². The molecule has 1 N–H and O–H groups in total. The van der Waals surface area contributed by atoms with E-state index in [0.717, 1.165) is 32.4 Å². The molecule has 3 nitrogen and oxygen atoms in total. The summed E-state index contributed by atoms with van der Waals surface area (Å²) in [4.78, 5) is 16.0.